The number of likely N-dealkylation sites (tertiary alicyclic amines) is 1. The topological polar surface area (TPSA) is 57.2 Å². The number of ether oxygens (including phenoxy) is 1. The van der Waals surface area contributed by atoms with Crippen molar-refractivity contribution in [3.8, 4) is 0 Å². The number of hydrogen-bond acceptors (Lipinski definition) is 4. The van der Waals surface area contributed by atoms with Crippen LogP contribution in [0.25, 0.3) is 0 Å². The van der Waals surface area contributed by atoms with Gasteiger partial charge in [-0.1, -0.05) is 43.0 Å². The van der Waals surface area contributed by atoms with Crippen LogP contribution in [0.15, 0.2) is 71.9 Å². The molecule has 6 nitrogen and oxygen atoms in total. The van der Waals surface area contributed by atoms with Gasteiger partial charge in [0, 0.05) is 38.3 Å². The van der Waals surface area contributed by atoms with Crippen LogP contribution in [0, 0.1) is 5.82 Å². The molecule has 2 amide bonds. The Labute approximate surface area is 194 Å². The number of hydrogen-bond donors (Lipinski definition) is 1. The zero-order valence-electron chi connectivity index (χ0n) is 19.1. The lowest BCUT2D eigenvalue weighted by atomic mass is 9.84. The number of halogens is 1. The molecule has 1 N–H and O–H groups in total. The molecule has 7 heteroatoms. The van der Waals surface area contributed by atoms with Gasteiger partial charge in [0.25, 0.3) is 0 Å². The third-order valence-electron chi connectivity index (χ3n) is 6.31. The average Bonchev–Trinajstić information content (AvgIpc) is 3.07. The Bertz CT molecular complexity index is 1020. The summed E-state index contributed by atoms with van der Waals surface area (Å²) < 4.78 is 19.5. The second kappa shape index (κ2) is 10.2. The number of amides is 2. The van der Waals surface area contributed by atoms with Crippen molar-refractivity contribution in [1.29, 1.82) is 0 Å². The lowest BCUT2D eigenvalue weighted by molar-refractivity contribution is 0.182. The van der Waals surface area contributed by atoms with E-state index in [2.05, 4.69) is 33.9 Å². The van der Waals surface area contributed by atoms with Crippen LogP contribution in [-0.4, -0.2) is 48.5 Å². The summed E-state index contributed by atoms with van der Waals surface area (Å²) in [5, 5.41) is 3.38. The predicted molar refractivity (Wildman–Crippen MR) is 129 cm³/mol. The van der Waals surface area contributed by atoms with Crippen LogP contribution >= 0.6 is 0 Å². The summed E-state index contributed by atoms with van der Waals surface area (Å²) in [6, 6.07) is 16.2. The van der Waals surface area contributed by atoms with E-state index in [1.165, 1.54) is 17.7 Å². The summed E-state index contributed by atoms with van der Waals surface area (Å²) in [5.41, 5.74) is 1.18. The van der Waals surface area contributed by atoms with Crippen LogP contribution in [-0.2, 0) is 11.3 Å². The zero-order valence-corrected chi connectivity index (χ0v) is 19.1. The number of carbonyl (C=O) groups is 1. The van der Waals surface area contributed by atoms with Crippen LogP contribution in [0.3, 0.4) is 0 Å². The molecule has 0 saturated carbocycles. The fourth-order valence-corrected chi connectivity index (χ4v) is 4.70. The maximum absolute atomic E-state index is 14.0. The smallest absolute Gasteiger partial charge is 0.350 e. The van der Waals surface area contributed by atoms with Gasteiger partial charge in [0.1, 0.15) is 17.2 Å². The fraction of sp³-hybridized carbons (Fsp3) is 0.385. The van der Waals surface area contributed by atoms with Gasteiger partial charge in [-0.15, -0.1) is 0 Å². The van der Waals surface area contributed by atoms with Crippen molar-refractivity contribution in [3.05, 3.63) is 78.3 Å². The van der Waals surface area contributed by atoms with Crippen molar-refractivity contribution in [1.82, 2.24) is 10.2 Å². The van der Waals surface area contributed by atoms with E-state index in [1.807, 2.05) is 25.1 Å². The monoisotopic (exact) mass is 450 g/mol. The number of nitrogens with zero attached hydrogens (tertiary/aromatic N) is 3. The van der Waals surface area contributed by atoms with Crippen LogP contribution in [0.5, 0.6) is 0 Å². The van der Waals surface area contributed by atoms with Gasteiger partial charge in [0.15, 0.2) is 0 Å². The fourth-order valence-electron chi connectivity index (χ4n) is 4.70. The van der Waals surface area contributed by atoms with Gasteiger partial charge < -0.3 is 10.1 Å². The molecule has 0 unspecified atom stereocenters. The van der Waals surface area contributed by atoms with E-state index >= 15 is 0 Å². The van der Waals surface area contributed by atoms with E-state index in [9.17, 15) is 9.18 Å². The molecule has 1 spiro atoms. The maximum atomic E-state index is 14.0. The molecule has 1 fully saturated rings. The minimum absolute atomic E-state index is 0.358. The first-order chi connectivity index (χ1) is 16.0. The average molecular weight is 451 g/mol. The molecule has 0 atom stereocenters. The first kappa shape index (κ1) is 23.0. The van der Waals surface area contributed by atoms with E-state index in [-0.39, 0.29) is 11.8 Å². The van der Waals surface area contributed by atoms with E-state index < -0.39 is 5.54 Å². The number of carbonyl (C=O) groups excluding carboxylic acids is 1. The molecule has 33 heavy (non-hydrogen) atoms. The number of rotatable bonds is 8. The van der Waals surface area contributed by atoms with Gasteiger partial charge in [-0.3, -0.25) is 9.80 Å². The number of piperidine rings is 1. The Morgan fingerprint density at radius 3 is 2.64 bits per heavy atom. The van der Waals surface area contributed by atoms with E-state index in [0.717, 1.165) is 19.6 Å². The highest BCUT2D eigenvalue weighted by molar-refractivity contribution is 6.16. The van der Waals surface area contributed by atoms with Crippen molar-refractivity contribution in [2.75, 3.05) is 31.1 Å². The molecule has 0 aliphatic carbocycles. The molecule has 2 heterocycles. The van der Waals surface area contributed by atoms with E-state index in [1.54, 1.807) is 17.0 Å². The molecular formula is C26H31FN4O2. The molecule has 0 aromatic heterocycles. The van der Waals surface area contributed by atoms with Crippen molar-refractivity contribution in [2.45, 2.75) is 38.3 Å². The normalized spacial score (nSPS) is 17.8. The van der Waals surface area contributed by atoms with Crippen LogP contribution in [0.1, 0.15) is 31.7 Å². The highest BCUT2D eigenvalue weighted by Crippen LogP contribution is 2.39. The quantitative estimate of drug-likeness (QED) is 0.591. The van der Waals surface area contributed by atoms with Crippen LogP contribution < -0.4 is 10.2 Å². The predicted octanol–water partition coefficient (Wildman–Crippen LogP) is 4.73. The SMILES string of the molecule is C=C(CCNC1=NC(=O)N(c2cccc(F)c2)C12CCN(Cc1ccccc1)CC2)OCC. The Hall–Kier alpha value is -3.19. The second-order valence-electron chi connectivity index (χ2n) is 8.50. The van der Waals surface area contributed by atoms with Gasteiger partial charge in [0.2, 0.25) is 0 Å². The second-order valence-corrected chi connectivity index (χ2v) is 8.50. The zero-order chi connectivity index (χ0) is 23.3. The summed E-state index contributed by atoms with van der Waals surface area (Å²) in [6.45, 7) is 9.46. The molecule has 4 rings (SSSR count). The maximum Gasteiger partial charge on any atom is 0.350 e. The Kier molecular flexibility index (Phi) is 7.08. The first-order valence-corrected chi connectivity index (χ1v) is 11.5. The van der Waals surface area contributed by atoms with Crippen LogP contribution in [0.2, 0.25) is 0 Å². The largest absolute Gasteiger partial charge is 0.499 e. The number of amidine groups is 1. The molecule has 0 bridgehead atoms. The number of anilines is 1. The van der Waals surface area contributed by atoms with Gasteiger partial charge in [-0.25, -0.2) is 9.18 Å². The Morgan fingerprint density at radius 1 is 1.18 bits per heavy atom. The summed E-state index contributed by atoms with van der Waals surface area (Å²) in [6.07, 6.45) is 2.04. The van der Waals surface area contributed by atoms with Crippen molar-refractivity contribution < 1.29 is 13.9 Å². The summed E-state index contributed by atoms with van der Waals surface area (Å²) in [4.78, 5) is 21.5. The van der Waals surface area contributed by atoms with Crippen molar-refractivity contribution in [2.24, 2.45) is 4.99 Å². The highest BCUT2D eigenvalue weighted by atomic mass is 19.1. The molecule has 2 aromatic rings. The lowest BCUT2D eigenvalue weighted by Crippen LogP contribution is -2.61. The molecule has 2 aliphatic heterocycles. The molecular weight excluding hydrogens is 419 g/mol. The lowest BCUT2D eigenvalue weighted by Gasteiger charge is -2.45. The minimum Gasteiger partial charge on any atom is -0.499 e. The summed E-state index contributed by atoms with van der Waals surface area (Å²) in [7, 11) is 0. The summed E-state index contributed by atoms with van der Waals surface area (Å²) in [5.74, 6) is 0.982. The number of urea groups is 1. The van der Waals surface area contributed by atoms with Crippen molar-refractivity contribution in [3.63, 3.8) is 0 Å². The molecule has 174 valence electrons. The number of nitrogens with one attached hydrogen (secondary N) is 1. The first-order valence-electron chi connectivity index (χ1n) is 11.5. The van der Waals surface area contributed by atoms with E-state index in [0.29, 0.717) is 49.7 Å². The summed E-state index contributed by atoms with van der Waals surface area (Å²) >= 11 is 0. The van der Waals surface area contributed by atoms with Crippen molar-refractivity contribution >= 4 is 17.6 Å². The van der Waals surface area contributed by atoms with E-state index in [4.69, 9.17) is 4.74 Å². The highest BCUT2D eigenvalue weighted by Gasteiger charge is 2.51. The van der Waals surface area contributed by atoms with Gasteiger partial charge in [0.05, 0.1) is 12.4 Å². The third kappa shape index (κ3) is 5.09. The number of aliphatic imine (C=N–C) groups is 1. The van der Waals surface area contributed by atoms with Gasteiger partial charge in [-0.05, 0) is 43.5 Å². The van der Waals surface area contributed by atoms with Crippen LogP contribution in [0.4, 0.5) is 14.9 Å². The minimum atomic E-state index is -0.620. The third-order valence-corrected chi connectivity index (χ3v) is 6.31. The van der Waals surface area contributed by atoms with Gasteiger partial charge in [-0.2, -0.15) is 4.99 Å². The number of benzene rings is 2. The Morgan fingerprint density at radius 2 is 1.94 bits per heavy atom. The standard InChI is InChI=1S/C26H31FN4O2/c1-3-33-20(2)12-15-28-24-26(31(25(32)29-24)23-11-7-10-22(27)18-23)13-16-30(17-14-26)19-21-8-5-4-6-9-21/h4-11,18H,2-3,12-17,19H2,1H3,(H,28,29,32). The molecule has 2 aromatic carbocycles. The Balaban J connectivity index is 1.53. The molecule has 1 saturated heterocycles. The van der Waals surface area contributed by atoms with Gasteiger partial charge >= 0.3 is 6.03 Å². The molecule has 0 radical (unpaired) electrons. The molecule has 2 aliphatic rings.